The molecular weight excluding hydrogens is 286 g/mol. The van der Waals surface area contributed by atoms with Gasteiger partial charge in [-0.2, -0.15) is 0 Å². The number of benzene rings is 2. The van der Waals surface area contributed by atoms with Crippen LogP contribution in [0.2, 0.25) is 0 Å². The van der Waals surface area contributed by atoms with Crippen molar-refractivity contribution in [3.8, 4) is 11.5 Å². The lowest BCUT2D eigenvalue weighted by atomic mass is 9.74. The third-order valence-corrected chi connectivity index (χ3v) is 5.33. The number of likely N-dealkylation sites (tertiary alicyclic amines) is 1. The van der Waals surface area contributed by atoms with Crippen molar-refractivity contribution in [2.75, 3.05) is 26.8 Å². The number of rotatable bonds is 3. The van der Waals surface area contributed by atoms with E-state index < -0.39 is 0 Å². The SMILES string of the molecule is COc1cccc2c1OCC21CCN(Cc2ccccc2)CC1. The Balaban J connectivity index is 1.49. The minimum absolute atomic E-state index is 0.178. The zero-order valence-electron chi connectivity index (χ0n) is 13.6. The first kappa shape index (κ1) is 14.6. The van der Waals surface area contributed by atoms with Crippen molar-refractivity contribution in [1.29, 1.82) is 0 Å². The molecule has 2 aromatic rings. The first-order valence-corrected chi connectivity index (χ1v) is 8.37. The molecule has 120 valence electrons. The van der Waals surface area contributed by atoms with Crippen LogP contribution in [0.1, 0.15) is 24.0 Å². The second-order valence-electron chi connectivity index (χ2n) is 6.67. The monoisotopic (exact) mass is 309 g/mol. The molecule has 2 aliphatic rings. The minimum Gasteiger partial charge on any atom is -0.493 e. The van der Waals surface area contributed by atoms with E-state index in [1.54, 1.807) is 7.11 Å². The molecule has 0 N–H and O–H groups in total. The number of para-hydroxylation sites is 1. The lowest BCUT2D eigenvalue weighted by molar-refractivity contribution is 0.130. The van der Waals surface area contributed by atoms with Gasteiger partial charge in [-0.1, -0.05) is 42.5 Å². The summed E-state index contributed by atoms with van der Waals surface area (Å²) in [5.74, 6) is 1.83. The number of methoxy groups -OCH3 is 1. The third kappa shape index (κ3) is 2.59. The van der Waals surface area contributed by atoms with Gasteiger partial charge < -0.3 is 9.47 Å². The van der Waals surface area contributed by atoms with Crippen molar-refractivity contribution >= 4 is 0 Å². The maximum atomic E-state index is 6.02. The number of ether oxygens (including phenoxy) is 2. The van der Waals surface area contributed by atoms with Crippen molar-refractivity contribution in [1.82, 2.24) is 4.90 Å². The maximum Gasteiger partial charge on any atom is 0.165 e. The van der Waals surface area contributed by atoms with Gasteiger partial charge in [0, 0.05) is 17.5 Å². The van der Waals surface area contributed by atoms with Crippen LogP contribution in [0.3, 0.4) is 0 Å². The van der Waals surface area contributed by atoms with E-state index in [2.05, 4.69) is 47.4 Å². The molecule has 0 aromatic heterocycles. The van der Waals surface area contributed by atoms with Gasteiger partial charge >= 0.3 is 0 Å². The Labute approximate surface area is 137 Å². The summed E-state index contributed by atoms with van der Waals surface area (Å²) in [6.45, 7) is 4.08. The molecule has 3 heteroatoms. The summed E-state index contributed by atoms with van der Waals surface area (Å²) in [4.78, 5) is 2.55. The van der Waals surface area contributed by atoms with E-state index in [0.717, 1.165) is 50.6 Å². The summed E-state index contributed by atoms with van der Waals surface area (Å²) in [5, 5.41) is 0. The molecule has 0 atom stereocenters. The average Bonchev–Trinajstić information content (AvgIpc) is 2.97. The molecule has 0 radical (unpaired) electrons. The van der Waals surface area contributed by atoms with E-state index in [1.165, 1.54) is 11.1 Å². The highest BCUT2D eigenvalue weighted by atomic mass is 16.5. The number of nitrogens with zero attached hydrogens (tertiary/aromatic N) is 1. The molecule has 3 nitrogen and oxygen atoms in total. The van der Waals surface area contributed by atoms with E-state index in [4.69, 9.17) is 9.47 Å². The largest absolute Gasteiger partial charge is 0.493 e. The number of hydrogen-bond acceptors (Lipinski definition) is 3. The Hall–Kier alpha value is -2.00. The van der Waals surface area contributed by atoms with Crippen molar-refractivity contribution in [2.45, 2.75) is 24.8 Å². The molecule has 0 aliphatic carbocycles. The minimum atomic E-state index is 0.178. The van der Waals surface area contributed by atoms with Gasteiger partial charge in [-0.3, -0.25) is 4.90 Å². The molecular formula is C20H23NO2. The highest BCUT2D eigenvalue weighted by molar-refractivity contribution is 5.53. The van der Waals surface area contributed by atoms with Crippen LogP contribution in [0.25, 0.3) is 0 Å². The van der Waals surface area contributed by atoms with Crippen LogP contribution in [0.5, 0.6) is 11.5 Å². The molecule has 4 rings (SSSR count). The highest BCUT2D eigenvalue weighted by Crippen LogP contribution is 2.49. The fourth-order valence-corrected chi connectivity index (χ4v) is 3.93. The Morgan fingerprint density at radius 3 is 2.57 bits per heavy atom. The standard InChI is InChI=1S/C20H23NO2/c1-22-18-9-5-8-17-19(18)23-15-20(17)10-12-21(13-11-20)14-16-6-3-2-4-7-16/h2-9H,10-15H2,1H3. The second kappa shape index (κ2) is 5.89. The molecule has 0 bridgehead atoms. The van der Waals surface area contributed by atoms with Gasteiger partial charge in [0.05, 0.1) is 13.7 Å². The second-order valence-corrected chi connectivity index (χ2v) is 6.67. The number of fused-ring (bicyclic) bond motifs is 2. The van der Waals surface area contributed by atoms with Crippen LogP contribution in [0.4, 0.5) is 0 Å². The predicted octanol–water partition coefficient (Wildman–Crippen LogP) is 3.62. The molecule has 0 amide bonds. The van der Waals surface area contributed by atoms with E-state index >= 15 is 0 Å². The van der Waals surface area contributed by atoms with Crippen molar-refractivity contribution in [3.05, 3.63) is 59.7 Å². The first-order valence-electron chi connectivity index (χ1n) is 8.37. The summed E-state index contributed by atoms with van der Waals surface area (Å²) < 4.78 is 11.5. The van der Waals surface area contributed by atoms with Crippen molar-refractivity contribution in [3.63, 3.8) is 0 Å². The van der Waals surface area contributed by atoms with Gasteiger partial charge in [0.1, 0.15) is 0 Å². The lowest BCUT2D eigenvalue weighted by Crippen LogP contribution is -2.43. The van der Waals surface area contributed by atoms with Crippen molar-refractivity contribution < 1.29 is 9.47 Å². The molecule has 1 spiro atoms. The lowest BCUT2D eigenvalue weighted by Gasteiger charge is -2.38. The van der Waals surface area contributed by atoms with E-state index in [0.29, 0.717) is 0 Å². The molecule has 1 saturated heterocycles. The summed E-state index contributed by atoms with van der Waals surface area (Å²) >= 11 is 0. The average molecular weight is 309 g/mol. The quantitative estimate of drug-likeness (QED) is 0.864. The Morgan fingerprint density at radius 1 is 1.04 bits per heavy atom. The molecule has 1 fully saturated rings. The number of piperidine rings is 1. The van der Waals surface area contributed by atoms with Gasteiger partial charge in [-0.15, -0.1) is 0 Å². The van der Waals surface area contributed by atoms with E-state index in [-0.39, 0.29) is 5.41 Å². The van der Waals surface area contributed by atoms with Crippen molar-refractivity contribution in [2.24, 2.45) is 0 Å². The Morgan fingerprint density at radius 2 is 1.83 bits per heavy atom. The van der Waals surface area contributed by atoms with E-state index in [1.807, 2.05) is 6.07 Å². The summed E-state index contributed by atoms with van der Waals surface area (Å²) in [6, 6.07) is 17.0. The molecule has 0 saturated carbocycles. The van der Waals surface area contributed by atoms with Gasteiger partial charge in [0.2, 0.25) is 0 Å². The van der Waals surface area contributed by atoms with Crippen LogP contribution in [0, 0.1) is 0 Å². The fraction of sp³-hybridized carbons (Fsp3) is 0.400. The molecule has 2 aliphatic heterocycles. The van der Waals surface area contributed by atoms with Crippen LogP contribution in [-0.2, 0) is 12.0 Å². The summed E-state index contributed by atoms with van der Waals surface area (Å²) in [6.07, 6.45) is 2.31. The van der Waals surface area contributed by atoms with Gasteiger partial charge in [0.15, 0.2) is 11.5 Å². The molecule has 23 heavy (non-hydrogen) atoms. The molecule has 0 unspecified atom stereocenters. The van der Waals surface area contributed by atoms with Gasteiger partial charge in [0.25, 0.3) is 0 Å². The topological polar surface area (TPSA) is 21.7 Å². The summed E-state index contributed by atoms with van der Waals surface area (Å²) in [7, 11) is 1.71. The molecule has 2 heterocycles. The van der Waals surface area contributed by atoms with Crippen LogP contribution >= 0.6 is 0 Å². The van der Waals surface area contributed by atoms with Crippen LogP contribution < -0.4 is 9.47 Å². The molecule has 2 aromatic carbocycles. The zero-order chi connectivity index (χ0) is 15.7. The Kier molecular flexibility index (Phi) is 3.74. The van der Waals surface area contributed by atoms with Crippen LogP contribution in [0.15, 0.2) is 48.5 Å². The smallest absolute Gasteiger partial charge is 0.165 e. The predicted molar refractivity (Wildman–Crippen MR) is 91.1 cm³/mol. The van der Waals surface area contributed by atoms with Gasteiger partial charge in [-0.05, 0) is 37.6 Å². The summed E-state index contributed by atoms with van der Waals surface area (Å²) in [5.41, 5.74) is 2.92. The maximum absolute atomic E-state index is 6.02. The zero-order valence-corrected chi connectivity index (χ0v) is 13.6. The fourth-order valence-electron chi connectivity index (χ4n) is 3.93. The van der Waals surface area contributed by atoms with Gasteiger partial charge in [-0.25, -0.2) is 0 Å². The normalized spacial score (nSPS) is 19.3. The number of hydrogen-bond donors (Lipinski definition) is 0. The van der Waals surface area contributed by atoms with E-state index in [9.17, 15) is 0 Å². The first-order chi connectivity index (χ1) is 11.3. The van der Waals surface area contributed by atoms with Crippen LogP contribution in [-0.4, -0.2) is 31.7 Å². The Bertz CT molecular complexity index is 675. The third-order valence-electron chi connectivity index (χ3n) is 5.33. The highest BCUT2D eigenvalue weighted by Gasteiger charge is 2.44.